The number of ether oxygens (including phenoxy) is 1. The van der Waals surface area contributed by atoms with Crippen molar-refractivity contribution in [2.75, 3.05) is 6.61 Å². The molecule has 0 heterocycles. The van der Waals surface area contributed by atoms with Gasteiger partial charge in [0.2, 0.25) is 0 Å². The lowest BCUT2D eigenvalue weighted by Crippen LogP contribution is -2.16. The Morgan fingerprint density at radius 2 is 2.36 bits per heavy atom. The molecule has 0 aromatic heterocycles. The number of aliphatic hydroxyl groups excluding tert-OH is 1. The van der Waals surface area contributed by atoms with Gasteiger partial charge in [-0.05, 0) is 6.92 Å². The second-order valence-electron chi connectivity index (χ2n) is 2.09. The zero-order valence-corrected chi connectivity index (χ0v) is 6.54. The molecular formula is C8H12O3. The van der Waals surface area contributed by atoms with E-state index in [1.807, 2.05) is 0 Å². The zero-order valence-electron chi connectivity index (χ0n) is 6.54. The van der Waals surface area contributed by atoms with E-state index in [9.17, 15) is 4.79 Å². The Morgan fingerprint density at radius 3 is 2.73 bits per heavy atom. The Balaban J connectivity index is 3.83. The van der Waals surface area contributed by atoms with E-state index in [0.717, 1.165) is 0 Å². The average Bonchev–Trinajstić information content (AvgIpc) is 1.98. The third kappa shape index (κ3) is 3.57. The van der Waals surface area contributed by atoms with E-state index in [4.69, 9.17) is 5.11 Å². The van der Waals surface area contributed by atoms with Crippen LogP contribution in [0.3, 0.4) is 0 Å². The van der Waals surface area contributed by atoms with Crippen molar-refractivity contribution in [2.24, 2.45) is 0 Å². The maximum absolute atomic E-state index is 10.8. The monoisotopic (exact) mass is 156 g/mol. The van der Waals surface area contributed by atoms with E-state index in [-0.39, 0.29) is 12.2 Å². The van der Waals surface area contributed by atoms with E-state index in [2.05, 4.69) is 17.9 Å². The van der Waals surface area contributed by atoms with Gasteiger partial charge >= 0.3 is 5.97 Å². The highest BCUT2D eigenvalue weighted by Gasteiger charge is 2.12. The predicted molar refractivity (Wildman–Crippen MR) is 42.0 cm³/mol. The van der Waals surface area contributed by atoms with Crippen LogP contribution in [0.4, 0.5) is 0 Å². The molecular weight excluding hydrogens is 144 g/mol. The van der Waals surface area contributed by atoms with Crippen LogP contribution < -0.4 is 0 Å². The van der Waals surface area contributed by atoms with E-state index in [0.29, 0.717) is 0 Å². The standard InChI is InChI=1S/C8H12O3/c1-4-5-11-8(10)6(2)7(3)9/h4,7,9H,1-2,5H2,3H3. The van der Waals surface area contributed by atoms with Crippen LogP contribution in [0.5, 0.6) is 0 Å². The minimum Gasteiger partial charge on any atom is -0.458 e. The van der Waals surface area contributed by atoms with Crippen molar-refractivity contribution in [2.45, 2.75) is 13.0 Å². The Labute approximate surface area is 66.0 Å². The van der Waals surface area contributed by atoms with Gasteiger partial charge in [0.1, 0.15) is 6.61 Å². The van der Waals surface area contributed by atoms with Crippen LogP contribution >= 0.6 is 0 Å². The Bertz CT molecular complexity index is 170. The van der Waals surface area contributed by atoms with Crippen LogP contribution in [0.25, 0.3) is 0 Å². The van der Waals surface area contributed by atoms with Gasteiger partial charge in [-0.2, -0.15) is 0 Å². The van der Waals surface area contributed by atoms with Gasteiger partial charge in [0.25, 0.3) is 0 Å². The van der Waals surface area contributed by atoms with Crippen LogP contribution in [-0.2, 0) is 9.53 Å². The zero-order chi connectivity index (χ0) is 8.85. The molecule has 0 amide bonds. The molecule has 11 heavy (non-hydrogen) atoms. The molecule has 0 aliphatic rings. The summed E-state index contributed by atoms with van der Waals surface area (Å²) in [6, 6.07) is 0. The first-order valence-electron chi connectivity index (χ1n) is 3.24. The van der Waals surface area contributed by atoms with Gasteiger partial charge in [0.05, 0.1) is 11.7 Å². The molecule has 0 aromatic rings. The minimum atomic E-state index is -0.854. The van der Waals surface area contributed by atoms with E-state index >= 15 is 0 Å². The van der Waals surface area contributed by atoms with Crippen molar-refractivity contribution in [3.63, 3.8) is 0 Å². The maximum Gasteiger partial charge on any atom is 0.336 e. The van der Waals surface area contributed by atoms with E-state index < -0.39 is 12.1 Å². The molecule has 0 saturated carbocycles. The van der Waals surface area contributed by atoms with Gasteiger partial charge in [0, 0.05) is 0 Å². The van der Waals surface area contributed by atoms with Crippen molar-refractivity contribution >= 4 is 5.97 Å². The number of carbonyl (C=O) groups excluding carboxylic acids is 1. The summed E-state index contributed by atoms with van der Waals surface area (Å²) in [7, 11) is 0. The predicted octanol–water partition coefficient (Wildman–Crippen LogP) is 0.653. The molecule has 3 nitrogen and oxygen atoms in total. The van der Waals surface area contributed by atoms with Crippen molar-refractivity contribution in [3.05, 3.63) is 24.8 Å². The fourth-order valence-corrected chi connectivity index (χ4v) is 0.398. The highest BCUT2D eigenvalue weighted by molar-refractivity contribution is 5.88. The van der Waals surface area contributed by atoms with Gasteiger partial charge in [0.15, 0.2) is 0 Å². The van der Waals surface area contributed by atoms with Gasteiger partial charge in [-0.25, -0.2) is 4.79 Å². The van der Waals surface area contributed by atoms with Gasteiger partial charge in [-0.3, -0.25) is 0 Å². The summed E-state index contributed by atoms with van der Waals surface area (Å²) < 4.78 is 4.60. The molecule has 0 rings (SSSR count). The Hall–Kier alpha value is -1.09. The molecule has 0 fully saturated rings. The third-order valence-electron chi connectivity index (χ3n) is 1.10. The second kappa shape index (κ2) is 4.68. The molecule has 62 valence electrons. The summed E-state index contributed by atoms with van der Waals surface area (Å²) in [6.45, 7) is 8.31. The smallest absolute Gasteiger partial charge is 0.336 e. The number of hydrogen-bond donors (Lipinski definition) is 1. The molecule has 0 aromatic carbocycles. The summed E-state index contributed by atoms with van der Waals surface area (Å²) >= 11 is 0. The van der Waals surface area contributed by atoms with E-state index in [1.165, 1.54) is 13.0 Å². The number of aliphatic hydroxyl groups is 1. The van der Waals surface area contributed by atoms with Gasteiger partial charge < -0.3 is 9.84 Å². The van der Waals surface area contributed by atoms with Crippen LogP contribution in [-0.4, -0.2) is 23.8 Å². The molecule has 0 radical (unpaired) electrons. The van der Waals surface area contributed by atoms with Crippen LogP contribution in [0.1, 0.15) is 6.92 Å². The molecule has 0 bridgehead atoms. The molecule has 1 unspecified atom stereocenters. The summed E-state index contributed by atoms with van der Waals surface area (Å²) in [5, 5.41) is 8.86. The Morgan fingerprint density at radius 1 is 1.82 bits per heavy atom. The largest absolute Gasteiger partial charge is 0.458 e. The fourth-order valence-electron chi connectivity index (χ4n) is 0.398. The highest BCUT2D eigenvalue weighted by Crippen LogP contribution is 2.00. The topological polar surface area (TPSA) is 46.5 Å². The first kappa shape index (κ1) is 9.91. The molecule has 0 saturated heterocycles. The molecule has 0 spiro atoms. The quantitative estimate of drug-likeness (QED) is 0.369. The molecule has 0 aliphatic heterocycles. The summed E-state index contributed by atoms with van der Waals surface area (Å²) in [5.41, 5.74) is 0.0619. The van der Waals surface area contributed by atoms with Crippen molar-refractivity contribution in [3.8, 4) is 0 Å². The van der Waals surface area contributed by atoms with Crippen molar-refractivity contribution in [1.29, 1.82) is 0 Å². The lowest BCUT2D eigenvalue weighted by atomic mass is 10.2. The second-order valence-corrected chi connectivity index (χ2v) is 2.09. The van der Waals surface area contributed by atoms with Gasteiger partial charge in [-0.15, -0.1) is 0 Å². The molecule has 1 atom stereocenters. The maximum atomic E-state index is 10.8. The average molecular weight is 156 g/mol. The highest BCUT2D eigenvalue weighted by atomic mass is 16.5. The van der Waals surface area contributed by atoms with Gasteiger partial charge in [-0.1, -0.05) is 19.2 Å². The molecule has 3 heteroatoms. The first-order valence-corrected chi connectivity index (χ1v) is 3.24. The third-order valence-corrected chi connectivity index (χ3v) is 1.10. The summed E-state index contributed by atoms with van der Waals surface area (Å²) in [6.07, 6.45) is 0.597. The molecule has 0 aliphatic carbocycles. The summed E-state index contributed by atoms with van der Waals surface area (Å²) in [4.78, 5) is 10.8. The lowest BCUT2D eigenvalue weighted by molar-refractivity contribution is -0.138. The number of hydrogen-bond acceptors (Lipinski definition) is 3. The number of carbonyl (C=O) groups is 1. The number of esters is 1. The van der Waals surface area contributed by atoms with E-state index in [1.54, 1.807) is 0 Å². The first-order chi connectivity index (χ1) is 5.09. The molecule has 1 N–H and O–H groups in total. The van der Waals surface area contributed by atoms with Crippen molar-refractivity contribution in [1.82, 2.24) is 0 Å². The number of rotatable bonds is 4. The fraction of sp³-hybridized carbons (Fsp3) is 0.375. The van der Waals surface area contributed by atoms with Crippen LogP contribution in [0.2, 0.25) is 0 Å². The summed E-state index contributed by atoms with van der Waals surface area (Å²) in [5.74, 6) is -0.583. The van der Waals surface area contributed by atoms with Crippen LogP contribution in [0, 0.1) is 0 Å². The Kier molecular flexibility index (Phi) is 4.22. The van der Waals surface area contributed by atoms with Crippen molar-refractivity contribution < 1.29 is 14.6 Å². The SMILES string of the molecule is C=CCOC(=O)C(=C)C(C)O. The normalized spacial score (nSPS) is 11.8. The lowest BCUT2D eigenvalue weighted by Gasteiger charge is -2.06. The van der Waals surface area contributed by atoms with Crippen LogP contribution in [0.15, 0.2) is 24.8 Å². The minimum absolute atomic E-state index is 0.0619.